The normalized spacial score (nSPS) is 21.6. The minimum Gasteiger partial charge on any atom is -0.384 e. The molecule has 4 nitrogen and oxygen atoms in total. The molecule has 3 rings (SSSR count). The van der Waals surface area contributed by atoms with Gasteiger partial charge in [-0.05, 0) is 18.9 Å². The van der Waals surface area contributed by atoms with Crippen molar-refractivity contribution in [2.24, 2.45) is 0 Å². The second kappa shape index (κ2) is 4.29. The number of benzene rings is 1. The van der Waals surface area contributed by atoms with Crippen molar-refractivity contribution >= 4 is 11.6 Å². The van der Waals surface area contributed by atoms with Crippen LogP contribution >= 0.6 is 0 Å². The van der Waals surface area contributed by atoms with Crippen LogP contribution in [0.4, 0.5) is 11.6 Å². The zero-order chi connectivity index (χ0) is 12.5. The lowest BCUT2D eigenvalue weighted by Gasteiger charge is -2.06. The Morgan fingerprint density at radius 3 is 2.72 bits per heavy atom. The minimum atomic E-state index is 0.459. The SMILES string of the molecule is Cc1nc(N)cc(NC2CC2c2ccccc2)n1. The lowest BCUT2D eigenvalue weighted by Crippen LogP contribution is -2.08. The quantitative estimate of drug-likeness (QED) is 0.864. The molecule has 92 valence electrons. The van der Waals surface area contributed by atoms with Crippen LogP contribution in [0.25, 0.3) is 0 Å². The van der Waals surface area contributed by atoms with Gasteiger partial charge in [0.15, 0.2) is 0 Å². The molecule has 2 aromatic rings. The maximum absolute atomic E-state index is 5.71. The molecule has 3 N–H and O–H groups in total. The predicted molar refractivity (Wildman–Crippen MR) is 72.4 cm³/mol. The molecule has 1 fully saturated rings. The fraction of sp³-hybridized carbons (Fsp3) is 0.286. The van der Waals surface area contributed by atoms with E-state index in [1.807, 2.05) is 13.0 Å². The van der Waals surface area contributed by atoms with E-state index in [2.05, 4.69) is 39.6 Å². The van der Waals surface area contributed by atoms with Crippen molar-refractivity contribution < 1.29 is 0 Å². The monoisotopic (exact) mass is 240 g/mol. The topological polar surface area (TPSA) is 63.8 Å². The first-order valence-corrected chi connectivity index (χ1v) is 6.15. The number of aryl methyl sites for hydroxylation is 1. The Kier molecular flexibility index (Phi) is 2.63. The summed E-state index contributed by atoms with van der Waals surface area (Å²) < 4.78 is 0. The van der Waals surface area contributed by atoms with Gasteiger partial charge in [0.1, 0.15) is 17.5 Å². The molecule has 0 amide bonds. The third kappa shape index (κ3) is 2.27. The van der Waals surface area contributed by atoms with Crippen molar-refractivity contribution in [2.75, 3.05) is 11.1 Å². The summed E-state index contributed by atoms with van der Waals surface area (Å²) >= 11 is 0. The van der Waals surface area contributed by atoms with Crippen LogP contribution in [-0.4, -0.2) is 16.0 Å². The number of anilines is 2. The first-order valence-electron chi connectivity index (χ1n) is 6.15. The molecule has 1 aromatic heterocycles. The van der Waals surface area contributed by atoms with E-state index in [1.54, 1.807) is 6.07 Å². The van der Waals surface area contributed by atoms with Crippen LogP contribution in [0.5, 0.6) is 0 Å². The fourth-order valence-corrected chi connectivity index (χ4v) is 2.28. The van der Waals surface area contributed by atoms with E-state index in [9.17, 15) is 0 Å². The van der Waals surface area contributed by atoms with Gasteiger partial charge >= 0.3 is 0 Å². The third-order valence-corrected chi connectivity index (χ3v) is 3.21. The summed E-state index contributed by atoms with van der Waals surface area (Å²) in [5, 5.41) is 3.41. The number of hydrogen-bond donors (Lipinski definition) is 2. The molecule has 0 bridgehead atoms. The lowest BCUT2D eigenvalue weighted by molar-refractivity contribution is 0.998. The van der Waals surface area contributed by atoms with Gasteiger partial charge in [0.25, 0.3) is 0 Å². The zero-order valence-corrected chi connectivity index (χ0v) is 10.3. The van der Waals surface area contributed by atoms with Gasteiger partial charge in [-0.25, -0.2) is 9.97 Å². The summed E-state index contributed by atoms with van der Waals surface area (Å²) in [6.45, 7) is 1.85. The van der Waals surface area contributed by atoms with Gasteiger partial charge in [0.05, 0.1) is 0 Å². The van der Waals surface area contributed by atoms with Gasteiger partial charge in [-0.15, -0.1) is 0 Å². The number of hydrogen-bond acceptors (Lipinski definition) is 4. The Bertz CT molecular complexity index is 533. The molecular weight excluding hydrogens is 224 g/mol. The Balaban J connectivity index is 1.69. The van der Waals surface area contributed by atoms with E-state index < -0.39 is 0 Å². The molecule has 18 heavy (non-hydrogen) atoms. The van der Waals surface area contributed by atoms with Crippen LogP contribution in [0.3, 0.4) is 0 Å². The van der Waals surface area contributed by atoms with Crippen LogP contribution in [-0.2, 0) is 0 Å². The standard InChI is InChI=1S/C14H16N4/c1-9-16-13(15)8-14(17-9)18-12-7-11(12)10-5-3-2-4-6-10/h2-6,8,11-12H,7H2,1H3,(H3,15,16,17,18). The van der Waals surface area contributed by atoms with Gasteiger partial charge in [-0.2, -0.15) is 0 Å². The molecule has 1 aliphatic carbocycles. The number of aromatic nitrogens is 2. The Labute approximate surface area is 106 Å². The number of nitrogen functional groups attached to an aromatic ring is 1. The molecule has 0 radical (unpaired) electrons. The third-order valence-electron chi connectivity index (χ3n) is 3.21. The molecule has 2 unspecified atom stereocenters. The van der Waals surface area contributed by atoms with Crippen molar-refractivity contribution in [1.82, 2.24) is 9.97 Å². The molecule has 4 heteroatoms. The maximum atomic E-state index is 5.71. The summed E-state index contributed by atoms with van der Waals surface area (Å²) in [6, 6.07) is 12.8. The van der Waals surface area contributed by atoms with Gasteiger partial charge in [0.2, 0.25) is 0 Å². The lowest BCUT2D eigenvalue weighted by atomic mass is 10.1. The first kappa shape index (κ1) is 11.0. The average molecular weight is 240 g/mol. The highest BCUT2D eigenvalue weighted by Crippen LogP contribution is 2.42. The van der Waals surface area contributed by atoms with E-state index in [4.69, 9.17) is 5.73 Å². The van der Waals surface area contributed by atoms with Gasteiger partial charge in [-0.3, -0.25) is 0 Å². The Hall–Kier alpha value is -2.10. The summed E-state index contributed by atoms with van der Waals surface area (Å²) in [5.74, 6) is 2.63. The highest BCUT2D eigenvalue weighted by atomic mass is 15.1. The molecule has 0 aliphatic heterocycles. The highest BCUT2D eigenvalue weighted by Gasteiger charge is 2.38. The smallest absolute Gasteiger partial charge is 0.132 e. The predicted octanol–water partition coefficient (Wildman–Crippen LogP) is 2.34. The van der Waals surface area contributed by atoms with E-state index in [-0.39, 0.29) is 0 Å². The first-order chi connectivity index (χ1) is 8.72. The molecule has 1 aliphatic rings. The molecule has 1 heterocycles. The number of nitrogens with zero attached hydrogens (tertiary/aromatic N) is 2. The second-order valence-electron chi connectivity index (χ2n) is 4.73. The summed E-state index contributed by atoms with van der Waals surface area (Å²) in [7, 11) is 0. The van der Waals surface area contributed by atoms with Crippen molar-refractivity contribution in [1.29, 1.82) is 0 Å². The van der Waals surface area contributed by atoms with Crippen LogP contribution in [0.2, 0.25) is 0 Å². The molecule has 0 saturated heterocycles. The van der Waals surface area contributed by atoms with Crippen molar-refractivity contribution in [3.8, 4) is 0 Å². The van der Waals surface area contributed by atoms with Crippen molar-refractivity contribution in [3.63, 3.8) is 0 Å². The van der Waals surface area contributed by atoms with Crippen LogP contribution in [0.1, 0.15) is 23.7 Å². The molecule has 2 atom stereocenters. The minimum absolute atomic E-state index is 0.459. The average Bonchev–Trinajstić information content (AvgIpc) is 3.08. The number of nitrogens with one attached hydrogen (secondary N) is 1. The largest absolute Gasteiger partial charge is 0.384 e. The Morgan fingerprint density at radius 1 is 1.22 bits per heavy atom. The van der Waals surface area contributed by atoms with E-state index >= 15 is 0 Å². The van der Waals surface area contributed by atoms with Gasteiger partial charge in [0, 0.05) is 18.0 Å². The van der Waals surface area contributed by atoms with Gasteiger partial charge < -0.3 is 11.1 Å². The molecule has 1 saturated carbocycles. The molecular formula is C14H16N4. The fourth-order valence-electron chi connectivity index (χ4n) is 2.28. The summed E-state index contributed by atoms with van der Waals surface area (Å²) in [5.41, 5.74) is 7.09. The van der Waals surface area contributed by atoms with Crippen molar-refractivity contribution in [2.45, 2.75) is 25.3 Å². The van der Waals surface area contributed by atoms with E-state index in [0.717, 1.165) is 12.2 Å². The van der Waals surface area contributed by atoms with Crippen LogP contribution in [0, 0.1) is 6.92 Å². The maximum Gasteiger partial charge on any atom is 0.132 e. The number of nitrogens with two attached hydrogens (primary N) is 1. The summed E-state index contributed by atoms with van der Waals surface area (Å²) in [4.78, 5) is 8.41. The summed E-state index contributed by atoms with van der Waals surface area (Å²) in [6.07, 6.45) is 1.15. The highest BCUT2D eigenvalue weighted by molar-refractivity contribution is 5.47. The van der Waals surface area contributed by atoms with Crippen LogP contribution < -0.4 is 11.1 Å². The second-order valence-corrected chi connectivity index (χ2v) is 4.73. The molecule has 0 spiro atoms. The van der Waals surface area contributed by atoms with Crippen LogP contribution in [0.15, 0.2) is 36.4 Å². The van der Waals surface area contributed by atoms with E-state index in [0.29, 0.717) is 23.6 Å². The zero-order valence-electron chi connectivity index (χ0n) is 10.3. The Morgan fingerprint density at radius 2 is 2.00 bits per heavy atom. The number of rotatable bonds is 3. The van der Waals surface area contributed by atoms with Crippen molar-refractivity contribution in [3.05, 3.63) is 47.8 Å². The van der Waals surface area contributed by atoms with E-state index in [1.165, 1.54) is 5.56 Å². The van der Waals surface area contributed by atoms with Gasteiger partial charge in [-0.1, -0.05) is 30.3 Å². The molecule has 1 aromatic carbocycles.